The molecule has 0 bridgehead atoms. The Bertz CT molecular complexity index is 1110. The number of nitrogens with zero attached hydrogens (tertiary/aromatic N) is 3. The van der Waals surface area contributed by atoms with Crippen LogP contribution in [0.3, 0.4) is 0 Å². The van der Waals surface area contributed by atoms with Gasteiger partial charge in [-0.3, -0.25) is 14.0 Å². The summed E-state index contributed by atoms with van der Waals surface area (Å²) >= 11 is 5.89. The molecule has 0 saturated carbocycles. The van der Waals surface area contributed by atoms with E-state index in [-0.39, 0.29) is 40.7 Å². The molecule has 0 aromatic heterocycles. The van der Waals surface area contributed by atoms with Crippen molar-refractivity contribution in [2.45, 2.75) is 6.54 Å². The second-order valence-electron chi connectivity index (χ2n) is 8.00. The van der Waals surface area contributed by atoms with Gasteiger partial charge in [0, 0.05) is 43.9 Å². The number of piperazine rings is 1. The average molecular weight is 501 g/mol. The van der Waals surface area contributed by atoms with Crippen LogP contribution in [-0.4, -0.2) is 76.1 Å². The Morgan fingerprint density at radius 3 is 2.39 bits per heavy atom. The van der Waals surface area contributed by atoms with Gasteiger partial charge >= 0.3 is 0 Å². The summed E-state index contributed by atoms with van der Waals surface area (Å²) < 4.78 is 56.2. The lowest BCUT2D eigenvalue weighted by molar-refractivity contribution is 0.100. The normalized spacial score (nSPS) is 15.5. The highest BCUT2D eigenvalue weighted by Gasteiger charge is 2.26. The monoisotopic (exact) mass is 500 g/mol. The zero-order valence-electron chi connectivity index (χ0n) is 18.3. The van der Waals surface area contributed by atoms with Crippen LogP contribution in [0, 0.1) is 11.6 Å². The van der Waals surface area contributed by atoms with Crippen LogP contribution in [0.25, 0.3) is 0 Å². The highest BCUT2D eigenvalue weighted by atomic mass is 35.5. The van der Waals surface area contributed by atoms with Gasteiger partial charge in [-0.15, -0.1) is 0 Å². The molecule has 0 spiro atoms. The van der Waals surface area contributed by atoms with E-state index in [4.69, 9.17) is 17.3 Å². The number of ketones is 1. The zero-order chi connectivity index (χ0) is 24.2. The largest absolute Gasteiger partial charge is 0.324 e. The number of hydrogen-bond donors (Lipinski definition) is 1. The van der Waals surface area contributed by atoms with Crippen molar-refractivity contribution in [3.8, 4) is 0 Å². The van der Waals surface area contributed by atoms with Crippen LogP contribution >= 0.6 is 11.6 Å². The minimum absolute atomic E-state index is 0.0622. The van der Waals surface area contributed by atoms with Gasteiger partial charge in [-0.2, -0.15) is 0 Å². The number of benzene rings is 2. The predicted octanol–water partition coefficient (Wildman–Crippen LogP) is 2.34. The van der Waals surface area contributed by atoms with Gasteiger partial charge in [-0.1, -0.05) is 23.7 Å². The Kier molecular flexibility index (Phi) is 8.41. The molecule has 1 aliphatic rings. The molecule has 3 rings (SSSR count). The summed E-state index contributed by atoms with van der Waals surface area (Å²) in [5.41, 5.74) is 5.62. The van der Waals surface area contributed by atoms with Crippen LogP contribution in [0.2, 0.25) is 5.02 Å². The number of carbonyl (C=O) groups excluding carboxylic acids is 1. The standard InChI is InChI=1S/C22H27ClF2N4O3S/c1-27-6-8-28(9-7-27)10-11-33(31,32)29(18-4-5-20(24)19(23)13-18)15-17-3-2-16(12-21(17)25)22(30)14-26/h2-5,12-13H,6-11,14-15,26H2,1H3. The van der Waals surface area contributed by atoms with Crippen molar-refractivity contribution in [3.63, 3.8) is 0 Å². The summed E-state index contributed by atoms with van der Waals surface area (Å²) in [6, 6.07) is 7.36. The number of rotatable bonds is 9. The van der Waals surface area contributed by atoms with Gasteiger partial charge in [0.1, 0.15) is 11.6 Å². The molecule has 180 valence electrons. The van der Waals surface area contributed by atoms with Crippen molar-refractivity contribution in [1.82, 2.24) is 9.80 Å². The van der Waals surface area contributed by atoms with Gasteiger partial charge in [0.2, 0.25) is 10.0 Å². The molecule has 0 amide bonds. The van der Waals surface area contributed by atoms with Gasteiger partial charge < -0.3 is 10.6 Å². The Balaban J connectivity index is 1.88. The minimum Gasteiger partial charge on any atom is -0.324 e. The van der Waals surface area contributed by atoms with Crippen molar-refractivity contribution in [2.75, 3.05) is 56.4 Å². The smallest absolute Gasteiger partial charge is 0.236 e. The van der Waals surface area contributed by atoms with Crippen LogP contribution < -0.4 is 10.0 Å². The second-order valence-corrected chi connectivity index (χ2v) is 10.4. The molecule has 1 heterocycles. The first kappa shape index (κ1) is 25.5. The predicted molar refractivity (Wildman–Crippen MR) is 125 cm³/mol. The van der Waals surface area contributed by atoms with E-state index in [2.05, 4.69) is 9.80 Å². The molecule has 2 aromatic carbocycles. The van der Waals surface area contributed by atoms with Gasteiger partial charge in [0.05, 0.1) is 29.6 Å². The third-order valence-corrected chi connectivity index (χ3v) is 7.66. The number of carbonyl (C=O) groups is 1. The first-order valence-corrected chi connectivity index (χ1v) is 12.5. The van der Waals surface area contributed by atoms with E-state index >= 15 is 0 Å². The van der Waals surface area contributed by atoms with E-state index in [1.165, 1.54) is 24.3 Å². The third-order valence-electron chi connectivity index (χ3n) is 5.66. The minimum atomic E-state index is -3.92. The Labute approximate surface area is 197 Å². The number of Topliss-reactive ketones (excluding diaryl/α,β-unsaturated/α-hetero) is 1. The molecule has 33 heavy (non-hydrogen) atoms. The molecule has 1 saturated heterocycles. The fraction of sp³-hybridized carbons (Fsp3) is 0.409. The molecule has 11 heteroatoms. The molecule has 1 aliphatic heterocycles. The van der Waals surface area contributed by atoms with Crippen molar-refractivity contribution < 1.29 is 22.0 Å². The maximum atomic E-state index is 14.8. The molecule has 1 fully saturated rings. The lowest BCUT2D eigenvalue weighted by atomic mass is 10.1. The van der Waals surface area contributed by atoms with Crippen molar-refractivity contribution in [2.24, 2.45) is 5.73 Å². The quantitative estimate of drug-likeness (QED) is 0.532. The van der Waals surface area contributed by atoms with E-state index in [1.807, 2.05) is 7.05 Å². The summed E-state index contributed by atoms with van der Waals surface area (Å²) in [5, 5.41) is -0.240. The number of nitrogens with two attached hydrogens (primary N) is 1. The van der Waals surface area contributed by atoms with Crippen LogP contribution in [0.5, 0.6) is 0 Å². The third kappa shape index (κ3) is 6.48. The maximum absolute atomic E-state index is 14.8. The molecule has 0 aliphatic carbocycles. The SMILES string of the molecule is CN1CCN(CCS(=O)(=O)N(Cc2ccc(C(=O)CN)cc2F)c2ccc(F)c(Cl)c2)CC1. The first-order valence-electron chi connectivity index (χ1n) is 10.5. The first-order chi connectivity index (χ1) is 15.6. The van der Waals surface area contributed by atoms with E-state index < -0.39 is 27.4 Å². The molecular formula is C22H27ClF2N4O3S. The molecular weight excluding hydrogens is 474 g/mol. The van der Waals surface area contributed by atoms with Gasteiger partial charge in [-0.05, 0) is 31.3 Å². The molecule has 2 aromatic rings. The topological polar surface area (TPSA) is 87.0 Å². The van der Waals surface area contributed by atoms with Gasteiger partial charge in [0.25, 0.3) is 0 Å². The summed E-state index contributed by atoms with van der Waals surface area (Å²) in [7, 11) is -1.91. The van der Waals surface area contributed by atoms with Crippen molar-refractivity contribution >= 4 is 33.1 Å². The summed E-state index contributed by atoms with van der Waals surface area (Å²) in [6.07, 6.45) is 0. The summed E-state index contributed by atoms with van der Waals surface area (Å²) in [5.74, 6) is -2.05. The average Bonchev–Trinajstić information content (AvgIpc) is 2.79. The molecule has 0 unspecified atom stereocenters. The zero-order valence-corrected chi connectivity index (χ0v) is 19.9. The fourth-order valence-electron chi connectivity index (χ4n) is 3.54. The summed E-state index contributed by atoms with van der Waals surface area (Å²) in [4.78, 5) is 16.0. The second kappa shape index (κ2) is 10.9. The lowest BCUT2D eigenvalue weighted by Gasteiger charge is -2.33. The maximum Gasteiger partial charge on any atom is 0.236 e. The number of hydrogen-bond acceptors (Lipinski definition) is 6. The van der Waals surface area contributed by atoms with Crippen molar-refractivity contribution in [1.29, 1.82) is 0 Å². The van der Waals surface area contributed by atoms with E-state index in [9.17, 15) is 22.0 Å². The van der Waals surface area contributed by atoms with Crippen LogP contribution in [-0.2, 0) is 16.6 Å². The molecule has 0 radical (unpaired) electrons. The van der Waals surface area contributed by atoms with Gasteiger partial charge in [-0.25, -0.2) is 17.2 Å². The van der Waals surface area contributed by atoms with Crippen molar-refractivity contribution in [3.05, 3.63) is 64.2 Å². The number of sulfonamides is 1. The highest BCUT2D eigenvalue weighted by molar-refractivity contribution is 7.92. The van der Waals surface area contributed by atoms with E-state index in [0.29, 0.717) is 6.54 Å². The number of halogens is 3. The van der Waals surface area contributed by atoms with Gasteiger partial charge in [0.15, 0.2) is 5.78 Å². The van der Waals surface area contributed by atoms with Crippen LogP contribution in [0.15, 0.2) is 36.4 Å². The van der Waals surface area contributed by atoms with E-state index in [0.717, 1.165) is 42.6 Å². The van der Waals surface area contributed by atoms with Crippen LogP contribution in [0.1, 0.15) is 15.9 Å². The molecule has 2 N–H and O–H groups in total. The van der Waals surface area contributed by atoms with E-state index in [1.54, 1.807) is 0 Å². The Morgan fingerprint density at radius 2 is 1.79 bits per heavy atom. The fourth-order valence-corrected chi connectivity index (χ4v) is 5.19. The van der Waals surface area contributed by atoms with Crippen LogP contribution in [0.4, 0.5) is 14.5 Å². The highest BCUT2D eigenvalue weighted by Crippen LogP contribution is 2.27. The number of likely N-dealkylation sites (N-methyl/N-ethyl adjacent to an activating group) is 1. The lowest BCUT2D eigenvalue weighted by Crippen LogP contribution is -2.47. The Morgan fingerprint density at radius 1 is 1.09 bits per heavy atom. The number of anilines is 1. The molecule has 0 atom stereocenters. The summed E-state index contributed by atoms with van der Waals surface area (Å²) in [6.45, 7) is 2.90. The Hall–Kier alpha value is -2.11. The molecule has 7 nitrogen and oxygen atoms in total.